The molecule has 0 bridgehead atoms. The van der Waals surface area contributed by atoms with E-state index in [1.165, 1.54) is 24.9 Å². The molecule has 0 saturated heterocycles. The van der Waals surface area contributed by atoms with Gasteiger partial charge in [0.15, 0.2) is 0 Å². The van der Waals surface area contributed by atoms with E-state index in [0.717, 1.165) is 24.2 Å². The van der Waals surface area contributed by atoms with Crippen LogP contribution in [0.3, 0.4) is 0 Å². The van der Waals surface area contributed by atoms with Crippen LogP contribution in [-0.2, 0) is 32.5 Å². The average molecular weight is 587 g/mol. The standard InChI is InChI=1S/C29H38N4O5S2/c1-6-8-13-24-31-28(39-5)26(27(34)32-25(19(3)7-2)29(35)38-4)33(24)18-20-14-16-21(17-15-20)22-11-9-10-12-23(22)40(30,36)37/h9-12,14-17,19,25H,6-8,13,18H2,1-5H3,(H,32,34)(H2,30,36,37)/t19-,25-/m0/s1. The van der Waals surface area contributed by atoms with Crippen LogP contribution in [0.5, 0.6) is 0 Å². The zero-order valence-electron chi connectivity index (χ0n) is 23.6. The lowest BCUT2D eigenvalue weighted by Crippen LogP contribution is -2.46. The molecular weight excluding hydrogens is 548 g/mol. The van der Waals surface area contributed by atoms with E-state index in [2.05, 4.69) is 12.2 Å². The Bertz CT molecular complexity index is 1440. The maximum Gasteiger partial charge on any atom is 0.328 e. The number of sulfonamides is 1. The van der Waals surface area contributed by atoms with Crippen molar-refractivity contribution < 1.29 is 22.7 Å². The van der Waals surface area contributed by atoms with Gasteiger partial charge in [0, 0.05) is 18.5 Å². The molecule has 1 amide bonds. The molecule has 0 fully saturated rings. The maximum atomic E-state index is 13.7. The molecule has 2 aromatic carbocycles. The zero-order chi connectivity index (χ0) is 29.4. The van der Waals surface area contributed by atoms with Gasteiger partial charge in [0.25, 0.3) is 5.91 Å². The fourth-order valence-corrected chi connectivity index (χ4v) is 5.82. The summed E-state index contributed by atoms with van der Waals surface area (Å²) in [5.41, 5.74) is 2.54. The molecule has 40 heavy (non-hydrogen) atoms. The summed E-state index contributed by atoms with van der Waals surface area (Å²) in [5.74, 6) is -0.189. The quantitative estimate of drug-likeness (QED) is 0.220. The van der Waals surface area contributed by atoms with Gasteiger partial charge in [0.2, 0.25) is 10.0 Å². The monoisotopic (exact) mass is 586 g/mol. The number of aromatic nitrogens is 2. The molecule has 0 aliphatic heterocycles. The normalized spacial score (nSPS) is 13.1. The first kappa shape index (κ1) is 31.4. The van der Waals surface area contributed by atoms with Crippen molar-refractivity contribution in [3.8, 4) is 11.1 Å². The summed E-state index contributed by atoms with van der Waals surface area (Å²) in [6.07, 6.45) is 5.14. The number of benzene rings is 2. The Balaban J connectivity index is 2.01. The minimum absolute atomic E-state index is 0.0595. The summed E-state index contributed by atoms with van der Waals surface area (Å²) in [4.78, 5) is 31.0. The summed E-state index contributed by atoms with van der Waals surface area (Å²) < 4.78 is 31.1. The summed E-state index contributed by atoms with van der Waals surface area (Å²) in [7, 11) is -2.57. The molecule has 3 aromatic rings. The average Bonchev–Trinajstić information content (AvgIpc) is 3.30. The number of aryl methyl sites for hydroxylation is 1. The molecule has 1 heterocycles. The maximum absolute atomic E-state index is 13.7. The lowest BCUT2D eigenvalue weighted by Gasteiger charge is -2.22. The van der Waals surface area contributed by atoms with Gasteiger partial charge in [-0.05, 0) is 35.8 Å². The third-order valence-electron chi connectivity index (χ3n) is 6.93. The Hall–Kier alpha value is -3.15. The van der Waals surface area contributed by atoms with Crippen molar-refractivity contribution in [1.82, 2.24) is 14.9 Å². The van der Waals surface area contributed by atoms with Crippen molar-refractivity contribution in [2.24, 2.45) is 11.1 Å². The van der Waals surface area contributed by atoms with Crippen LogP contribution in [0.2, 0.25) is 0 Å². The van der Waals surface area contributed by atoms with Gasteiger partial charge in [0.05, 0.1) is 12.0 Å². The number of nitrogens with one attached hydrogen (secondary N) is 1. The summed E-state index contributed by atoms with van der Waals surface area (Å²) in [6, 6.07) is 13.3. The van der Waals surface area contributed by atoms with Crippen LogP contribution < -0.4 is 10.5 Å². The van der Waals surface area contributed by atoms with Crippen molar-refractivity contribution in [2.75, 3.05) is 13.4 Å². The van der Waals surface area contributed by atoms with Crippen LogP contribution >= 0.6 is 11.8 Å². The Morgan fingerprint density at radius 2 is 1.80 bits per heavy atom. The van der Waals surface area contributed by atoms with E-state index < -0.39 is 22.0 Å². The topological polar surface area (TPSA) is 133 Å². The number of esters is 1. The number of amides is 1. The number of rotatable bonds is 13. The molecule has 0 radical (unpaired) electrons. The number of hydrogen-bond acceptors (Lipinski definition) is 7. The fraction of sp³-hybridized carbons (Fsp3) is 0.414. The Morgan fingerprint density at radius 3 is 2.38 bits per heavy atom. The number of nitrogens with two attached hydrogens (primary N) is 1. The summed E-state index contributed by atoms with van der Waals surface area (Å²) in [5, 5.41) is 8.92. The summed E-state index contributed by atoms with van der Waals surface area (Å²) >= 11 is 1.38. The largest absolute Gasteiger partial charge is 0.467 e. The van der Waals surface area contributed by atoms with Crippen molar-refractivity contribution in [3.05, 3.63) is 65.6 Å². The molecule has 0 unspecified atom stereocenters. The molecule has 11 heteroatoms. The Labute approximate surface area is 241 Å². The minimum Gasteiger partial charge on any atom is -0.467 e. The fourth-order valence-electron chi connectivity index (χ4n) is 4.46. The lowest BCUT2D eigenvalue weighted by molar-refractivity contribution is -0.144. The van der Waals surface area contributed by atoms with Crippen LogP contribution in [0.1, 0.15) is 61.9 Å². The highest BCUT2D eigenvalue weighted by molar-refractivity contribution is 7.98. The first-order valence-electron chi connectivity index (χ1n) is 13.3. The molecule has 9 nitrogen and oxygen atoms in total. The number of unbranched alkanes of at least 4 members (excludes halogenated alkanes) is 1. The highest BCUT2D eigenvalue weighted by Crippen LogP contribution is 2.28. The second kappa shape index (κ2) is 14.0. The van der Waals surface area contributed by atoms with Gasteiger partial charge in [-0.25, -0.2) is 23.3 Å². The van der Waals surface area contributed by atoms with E-state index in [1.54, 1.807) is 18.2 Å². The van der Waals surface area contributed by atoms with E-state index in [9.17, 15) is 18.0 Å². The third-order valence-corrected chi connectivity index (χ3v) is 8.57. The molecule has 1 aromatic heterocycles. The Morgan fingerprint density at radius 1 is 1.12 bits per heavy atom. The van der Waals surface area contributed by atoms with Crippen molar-refractivity contribution in [1.29, 1.82) is 0 Å². The second-order valence-electron chi connectivity index (χ2n) is 9.67. The van der Waals surface area contributed by atoms with Crippen LogP contribution in [0.15, 0.2) is 58.5 Å². The molecular formula is C29H38N4O5S2. The second-order valence-corrected chi connectivity index (χ2v) is 12.0. The van der Waals surface area contributed by atoms with Crippen LogP contribution in [0.25, 0.3) is 11.1 Å². The van der Waals surface area contributed by atoms with Gasteiger partial charge in [-0.2, -0.15) is 0 Å². The van der Waals surface area contributed by atoms with E-state index in [0.29, 0.717) is 41.2 Å². The molecule has 0 aliphatic rings. The van der Waals surface area contributed by atoms with Crippen molar-refractivity contribution >= 4 is 33.7 Å². The Kier molecular flexibility index (Phi) is 11.0. The first-order chi connectivity index (χ1) is 19.0. The molecule has 216 valence electrons. The van der Waals surface area contributed by atoms with Gasteiger partial charge >= 0.3 is 5.97 Å². The predicted molar refractivity (Wildman–Crippen MR) is 158 cm³/mol. The van der Waals surface area contributed by atoms with Crippen LogP contribution in [0, 0.1) is 5.92 Å². The number of primary sulfonamides is 1. The van der Waals surface area contributed by atoms with E-state index in [4.69, 9.17) is 14.9 Å². The number of carbonyl (C=O) groups is 2. The highest BCUT2D eigenvalue weighted by Gasteiger charge is 2.30. The van der Waals surface area contributed by atoms with Crippen LogP contribution in [-0.4, -0.2) is 49.3 Å². The molecule has 3 N–H and O–H groups in total. The van der Waals surface area contributed by atoms with Gasteiger partial charge in [-0.1, -0.05) is 76.1 Å². The van der Waals surface area contributed by atoms with Gasteiger partial charge in [-0.3, -0.25) is 4.79 Å². The smallest absolute Gasteiger partial charge is 0.328 e. The van der Waals surface area contributed by atoms with E-state index in [1.807, 2.05) is 48.9 Å². The number of imidazole rings is 1. The SMILES string of the molecule is CCCCc1nc(SC)c(C(=O)N[C@H](C(=O)OC)[C@@H](C)CC)n1Cc1ccc(-c2ccccc2S(N)(=O)=O)cc1. The summed E-state index contributed by atoms with van der Waals surface area (Å²) in [6.45, 7) is 6.33. The van der Waals surface area contributed by atoms with Gasteiger partial charge in [-0.15, -0.1) is 11.8 Å². The predicted octanol–water partition coefficient (Wildman–Crippen LogP) is 4.63. The lowest BCUT2D eigenvalue weighted by atomic mass is 9.99. The molecule has 3 rings (SSSR count). The third kappa shape index (κ3) is 7.32. The molecule has 0 aliphatic carbocycles. The van der Waals surface area contributed by atoms with E-state index in [-0.39, 0.29) is 16.7 Å². The van der Waals surface area contributed by atoms with Crippen molar-refractivity contribution in [2.45, 2.75) is 69.0 Å². The van der Waals surface area contributed by atoms with Gasteiger partial charge < -0.3 is 14.6 Å². The number of hydrogen-bond donors (Lipinski definition) is 2. The minimum atomic E-state index is -3.89. The zero-order valence-corrected chi connectivity index (χ0v) is 25.3. The number of nitrogens with zero attached hydrogens (tertiary/aromatic N) is 2. The molecule has 2 atom stereocenters. The highest BCUT2D eigenvalue weighted by atomic mass is 32.2. The molecule has 0 spiro atoms. The van der Waals surface area contributed by atoms with Gasteiger partial charge in [0.1, 0.15) is 22.6 Å². The number of ether oxygens (including phenoxy) is 1. The number of thioether (sulfide) groups is 1. The number of methoxy groups -OCH3 is 1. The number of carbonyl (C=O) groups excluding carboxylic acids is 2. The molecule has 0 saturated carbocycles. The van der Waals surface area contributed by atoms with E-state index >= 15 is 0 Å². The van der Waals surface area contributed by atoms with Crippen LogP contribution in [0.4, 0.5) is 0 Å². The van der Waals surface area contributed by atoms with Crippen molar-refractivity contribution in [3.63, 3.8) is 0 Å². The first-order valence-corrected chi connectivity index (χ1v) is 16.1.